The van der Waals surface area contributed by atoms with Crippen LogP contribution in [0, 0.1) is 10.1 Å². The van der Waals surface area contributed by atoms with Crippen LogP contribution < -0.4 is 5.32 Å². The maximum Gasteiger partial charge on any atom is 0.313 e. The predicted molar refractivity (Wildman–Crippen MR) is 93.9 cm³/mol. The molecule has 0 aliphatic heterocycles. The zero-order chi connectivity index (χ0) is 18.4. The van der Waals surface area contributed by atoms with Crippen molar-refractivity contribution in [1.29, 1.82) is 0 Å². The van der Waals surface area contributed by atoms with Crippen LogP contribution in [0.1, 0.15) is 19.4 Å². The van der Waals surface area contributed by atoms with Crippen LogP contribution in [-0.2, 0) is 16.1 Å². The van der Waals surface area contributed by atoms with Gasteiger partial charge < -0.3 is 10.2 Å². The minimum Gasteiger partial charge on any atom is -0.328 e. The first kappa shape index (κ1) is 18.1. The molecule has 0 atom stereocenters. The smallest absolute Gasteiger partial charge is 0.313 e. The van der Waals surface area contributed by atoms with Crippen LogP contribution in [-0.4, -0.2) is 27.7 Å². The lowest BCUT2D eigenvalue weighted by atomic mass is 10.2. The number of carbonyl (C=O) groups is 2. The van der Waals surface area contributed by atoms with Crippen molar-refractivity contribution in [3.8, 4) is 0 Å². The van der Waals surface area contributed by atoms with Gasteiger partial charge in [0.25, 0.3) is 5.69 Å². The third kappa shape index (κ3) is 4.87. The fraction of sp³-hybridized carbons (Fsp3) is 0.222. The molecule has 0 spiro atoms. The lowest BCUT2D eigenvalue weighted by Gasteiger charge is -2.26. The molecule has 7 heteroatoms. The summed E-state index contributed by atoms with van der Waals surface area (Å²) in [4.78, 5) is 36.3. The SMILES string of the molecule is CC(C)N(Cc1ccccc1)C(=O)C(=O)Nc1ccc([N+](=O)[O-])cc1. The van der Waals surface area contributed by atoms with E-state index in [4.69, 9.17) is 0 Å². The summed E-state index contributed by atoms with van der Waals surface area (Å²) in [6.07, 6.45) is 0. The Balaban J connectivity index is 2.07. The predicted octanol–water partition coefficient (Wildman–Crippen LogP) is 2.97. The quantitative estimate of drug-likeness (QED) is 0.514. The number of nitro groups is 1. The molecule has 2 aromatic carbocycles. The second kappa shape index (κ2) is 8.05. The number of nitrogens with zero attached hydrogens (tertiary/aromatic N) is 2. The fourth-order valence-corrected chi connectivity index (χ4v) is 2.25. The van der Waals surface area contributed by atoms with Crippen LogP contribution in [0.15, 0.2) is 54.6 Å². The van der Waals surface area contributed by atoms with Gasteiger partial charge in [-0.05, 0) is 31.5 Å². The summed E-state index contributed by atoms with van der Waals surface area (Å²) in [6, 6.07) is 14.6. The number of rotatable bonds is 5. The van der Waals surface area contributed by atoms with Crippen molar-refractivity contribution in [2.24, 2.45) is 0 Å². The molecular formula is C18H19N3O4. The highest BCUT2D eigenvalue weighted by molar-refractivity contribution is 6.39. The minimum atomic E-state index is -0.779. The van der Waals surface area contributed by atoms with E-state index >= 15 is 0 Å². The van der Waals surface area contributed by atoms with E-state index in [1.54, 1.807) is 0 Å². The highest BCUT2D eigenvalue weighted by Gasteiger charge is 2.24. The van der Waals surface area contributed by atoms with Crippen molar-refractivity contribution < 1.29 is 14.5 Å². The van der Waals surface area contributed by atoms with Crippen LogP contribution in [0.25, 0.3) is 0 Å². The van der Waals surface area contributed by atoms with Crippen LogP contribution in [0.4, 0.5) is 11.4 Å². The highest BCUT2D eigenvalue weighted by atomic mass is 16.6. The van der Waals surface area contributed by atoms with Gasteiger partial charge in [0.05, 0.1) is 4.92 Å². The fourth-order valence-electron chi connectivity index (χ4n) is 2.25. The third-order valence-corrected chi connectivity index (χ3v) is 3.61. The van der Waals surface area contributed by atoms with Gasteiger partial charge in [0.2, 0.25) is 0 Å². The van der Waals surface area contributed by atoms with E-state index in [2.05, 4.69) is 5.32 Å². The topological polar surface area (TPSA) is 92.6 Å². The zero-order valence-electron chi connectivity index (χ0n) is 14.0. The number of benzene rings is 2. The van der Waals surface area contributed by atoms with Gasteiger partial charge in [-0.1, -0.05) is 30.3 Å². The Morgan fingerprint density at radius 3 is 2.20 bits per heavy atom. The lowest BCUT2D eigenvalue weighted by molar-refractivity contribution is -0.384. The number of amides is 2. The van der Waals surface area contributed by atoms with E-state index in [0.717, 1.165) is 5.56 Å². The van der Waals surface area contributed by atoms with Crippen LogP contribution in [0.3, 0.4) is 0 Å². The van der Waals surface area contributed by atoms with Gasteiger partial charge in [0, 0.05) is 30.4 Å². The molecule has 0 radical (unpaired) electrons. The molecule has 0 saturated heterocycles. The normalized spacial score (nSPS) is 10.4. The maximum absolute atomic E-state index is 12.5. The summed E-state index contributed by atoms with van der Waals surface area (Å²) in [7, 11) is 0. The van der Waals surface area contributed by atoms with E-state index in [1.165, 1.54) is 29.2 Å². The van der Waals surface area contributed by atoms with Crippen molar-refractivity contribution in [3.05, 3.63) is 70.3 Å². The molecule has 25 heavy (non-hydrogen) atoms. The van der Waals surface area contributed by atoms with E-state index < -0.39 is 16.7 Å². The number of non-ortho nitro benzene ring substituents is 1. The summed E-state index contributed by atoms with van der Waals surface area (Å²) in [5.74, 6) is -1.43. The van der Waals surface area contributed by atoms with E-state index in [0.29, 0.717) is 12.2 Å². The largest absolute Gasteiger partial charge is 0.328 e. The number of nitro benzene ring substituents is 1. The Morgan fingerprint density at radius 2 is 1.68 bits per heavy atom. The second-order valence-corrected chi connectivity index (χ2v) is 5.77. The Kier molecular flexibility index (Phi) is 5.84. The summed E-state index contributed by atoms with van der Waals surface area (Å²) < 4.78 is 0. The number of hydrogen-bond donors (Lipinski definition) is 1. The number of carbonyl (C=O) groups excluding carboxylic acids is 2. The molecule has 0 aliphatic rings. The monoisotopic (exact) mass is 341 g/mol. The molecular weight excluding hydrogens is 322 g/mol. The van der Waals surface area contributed by atoms with Crippen molar-refractivity contribution >= 4 is 23.2 Å². The second-order valence-electron chi connectivity index (χ2n) is 5.77. The van der Waals surface area contributed by atoms with E-state index in [1.807, 2.05) is 44.2 Å². The van der Waals surface area contributed by atoms with Gasteiger partial charge in [-0.3, -0.25) is 19.7 Å². The summed E-state index contributed by atoms with van der Waals surface area (Å²) in [6.45, 7) is 3.99. The van der Waals surface area contributed by atoms with Gasteiger partial charge in [-0.2, -0.15) is 0 Å². The number of hydrogen-bond acceptors (Lipinski definition) is 4. The first-order chi connectivity index (χ1) is 11.9. The average Bonchev–Trinajstić information content (AvgIpc) is 2.60. The van der Waals surface area contributed by atoms with Crippen LogP contribution in [0.2, 0.25) is 0 Å². The molecule has 0 aliphatic carbocycles. The van der Waals surface area contributed by atoms with Crippen LogP contribution >= 0.6 is 0 Å². The molecule has 0 bridgehead atoms. The molecule has 0 saturated carbocycles. The minimum absolute atomic E-state index is 0.0859. The third-order valence-electron chi connectivity index (χ3n) is 3.61. The molecule has 0 aromatic heterocycles. The molecule has 2 aromatic rings. The molecule has 1 N–H and O–H groups in total. The van der Waals surface area contributed by atoms with Crippen molar-refractivity contribution in [2.45, 2.75) is 26.4 Å². The van der Waals surface area contributed by atoms with Gasteiger partial charge >= 0.3 is 11.8 Å². The first-order valence-electron chi connectivity index (χ1n) is 7.79. The first-order valence-corrected chi connectivity index (χ1v) is 7.79. The van der Waals surface area contributed by atoms with Gasteiger partial charge in [-0.25, -0.2) is 0 Å². The van der Waals surface area contributed by atoms with Crippen molar-refractivity contribution in [1.82, 2.24) is 4.90 Å². The summed E-state index contributed by atoms with van der Waals surface area (Å²) >= 11 is 0. The Hall–Kier alpha value is -3.22. The molecule has 0 heterocycles. The lowest BCUT2D eigenvalue weighted by Crippen LogP contribution is -2.43. The van der Waals surface area contributed by atoms with Crippen LogP contribution in [0.5, 0.6) is 0 Å². The molecule has 130 valence electrons. The van der Waals surface area contributed by atoms with Gasteiger partial charge in [-0.15, -0.1) is 0 Å². The summed E-state index contributed by atoms with van der Waals surface area (Å²) in [5, 5.41) is 13.1. The highest BCUT2D eigenvalue weighted by Crippen LogP contribution is 2.16. The van der Waals surface area contributed by atoms with Gasteiger partial charge in [0.1, 0.15) is 0 Å². The van der Waals surface area contributed by atoms with E-state index in [-0.39, 0.29) is 11.7 Å². The Labute approximate surface area is 145 Å². The zero-order valence-corrected chi connectivity index (χ0v) is 14.0. The average molecular weight is 341 g/mol. The van der Waals surface area contributed by atoms with Crippen molar-refractivity contribution in [2.75, 3.05) is 5.32 Å². The maximum atomic E-state index is 12.5. The molecule has 2 rings (SSSR count). The van der Waals surface area contributed by atoms with Crippen molar-refractivity contribution in [3.63, 3.8) is 0 Å². The van der Waals surface area contributed by atoms with E-state index in [9.17, 15) is 19.7 Å². The standard InChI is InChI=1S/C18H19N3O4/c1-13(2)20(12-14-6-4-3-5-7-14)18(23)17(22)19-15-8-10-16(11-9-15)21(24)25/h3-11,13H,12H2,1-2H3,(H,19,22). The molecule has 0 fully saturated rings. The van der Waals surface area contributed by atoms with Gasteiger partial charge in [0.15, 0.2) is 0 Å². The molecule has 2 amide bonds. The number of anilines is 1. The summed E-state index contributed by atoms with van der Waals surface area (Å²) in [5.41, 5.74) is 1.16. The molecule has 7 nitrogen and oxygen atoms in total. The Bertz CT molecular complexity index is 758. The number of nitrogens with one attached hydrogen (secondary N) is 1. The Morgan fingerprint density at radius 1 is 1.08 bits per heavy atom. The molecule has 0 unspecified atom stereocenters.